The number of carbonyl (C=O) groups is 2. The van der Waals surface area contributed by atoms with Crippen LogP contribution in [0.2, 0.25) is 0 Å². The highest BCUT2D eigenvalue weighted by Gasteiger charge is 2.30. The van der Waals surface area contributed by atoms with E-state index in [-0.39, 0.29) is 12.6 Å². The predicted octanol–water partition coefficient (Wildman–Crippen LogP) is 1.76. The molecule has 1 aromatic carbocycles. The second-order valence-corrected chi connectivity index (χ2v) is 5.91. The molecular weight excluding hydrogens is 270 g/mol. The largest absolute Gasteiger partial charge is 0.481 e. The molecule has 1 aromatic rings. The fourth-order valence-corrected chi connectivity index (χ4v) is 2.18. The zero-order valence-corrected chi connectivity index (χ0v) is 12.6. The molecule has 0 unspecified atom stereocenters. The van der Waals surface area contributed by atoms with Gasteiger partial charge in [0.05, 0.1) is 16.8 Å². The summed E-state index contributed by atoms with van der Waals surface area (Å²) < 4.78 is 0. The Kier molecular flexibility index (Phi) is 4.06. The van der Waals surface area contributed by atoms with Crippen LogP contribution in [0.3, 0.4) is 0 Å². The van der Waals surface area contributed by atoms with Crippen LogP contribution >= 0.6 is 0 Å². The van der Waals surface area contributed by atoms with E-state index in [9.17, 15) is 9.59 Å². The van der Waals surface area contributed by atoms with Crippen LogP contribution in [-0.2, 0) is 4.79 Å². The van der Waals surface area contributed by atoms with Crippen LogP contribution in [-0.4, -0.2) is 43.8 Å². The van der Waals surface area contributed by atoms with Crippen molar-refractivity contribution in [1.29, 1.82) is 0 Å². The minimum absolute atomic E-state index is 0.0929. The van der Waals surface area contributed by atoms with Gasteiger partial charge in [-0.2, -0.15) is 0 Å². The molecule has 2 N–H and O–H groups in total. The van der Waals surface area contributed by atoms with Crippen LogP contribution in [0.15, 0.2) is 24.3 Å². The molecule has 21 heavy (non-hydrogen) atoms. The fraction of sp³-hybridized carbons (Fsp3) is 0.467. The summed E-state index contributed by atoms with van der Waals surface area (Å²) >= 11 is 0. The molecule has 1 heterocycles. The molecule has 0 saturated heterocycles. The number of aliphatic carboxylic acids is 1. The summed E-state index contributed by atoms with van der Waals surface area (Å²) in [5.74, 6) is -0.929. The molecule has 0 radical (unpaired) electrons. The monoisotopic (exact) mass is 291 g/mol. The SMILES string of the molecule is CN1CCN(C(=O)NCC(C)(C)C(=O)O)c2ccccc21. The number of carboxylic acids is 1. The third kappa shape index (κ3) is 3.09. The summed E-state index contributed by atoms with van der Waals surface area (Å²) in [6, 6.07) is 7.43. The van der Waals surface area contributed by atoms with Crippen molar-refractivity contribution in [3.8, 4) is 0 Å². The van der Waals surface area contributed by atoms with Crippen LogP contribution in [0.4, 0.5) is 16.2 Å². The number of anilines is 2. The number of rotatable bonds is 3. The van der Waals surface area contributed by atoms with Gasteiger partial charge in [0.2, 0.25) is 0 Å². The third-order valence-electron chi connectivity index (χ3n) is 3.75. The van der Waals surface area contributed by atoms with Gasteiger partial charge < -0.3 is 15.3 Å². The van der Waals surface area contributed by atoms with Gasteiger partial charge >= 0.3 is 12.0 Å². The van der Waals surface area contributed by atoms with Gasteiger partial charge in [0.1, 0.15) is 0 Å². The molecule has 6 nitrogen and oxygen atoms in total. The average molecular weight is 291 g/mol. The molecule has 2 amide bonds. The van der Waals surface area contributed by atoms with Crippen molar-refractivity contribution < 1.29 is 14.7 Å². The summed E-state index contributed by atoms with van der Waals surface area (Å²) in [5, 5.41) is 11.8. The van der Waals surface area contributed by atoms with E-state index < -0.39 is 11.4 Å². The highest BCUT2D eigenvalue weighted by Crippen LogP contribution is 2.31. The van der Waals surface area contributed by atoms with Gasteiger partial charge in [-0.05, 0) is 26.0 Å². The van der Waals surface area contributed by atoms with Crippen LogP contribution in [0.1, 0.15) is 13.8 Å². The summed E-state index contributed by atoms with van der Waals surface area (Å²) in [4.78, 5) is 27.2. The van der Waals surface area contributed by atoms with Crippen molar-refractivity contribution in [3.63, 3.8) is 0 Å². The Morgan fingerprint density at radius 1 is 1.24 bits per heavy atom. The normalized spacial score (nSPS) is 14.6. The lowest BCUT2D eigenvalue weighted by Crippen LogP contribution is -2.50. The summed E-state index contributed by atoms with van der Waals surface area (Å²) in [7, 11) is 1.99. The number of carboxylic acid groups (broad SMARTS) is 1. The number of nitrogens with one attached hydrogen (secondary N) is 1. The van der Waals surface area contributed by atoms with Crippen molar-refractivity contribution in [2.45, 2.75) is 13.8 Å². The summed E-state index contributed by atoms with van der Waals surface area (Å²) in [5.41, 5.74) is 0.857. The van der Waals surface area contributed by atoms with Gasteiger partial charge in [0.25, 0.3) is 0 Å². The molecular formula is C15H21N3O3. The molecule has 0 aromatic heterocycles. The van der Waals surface area contributed by atoms with Gasteiger partial charge in [-0.3, -0.25) is 9.69 Å². The van der Waals surface area contributed by atoms with Crippen molar-refractivity contribution in [2.75, 3.05) is 36.5 Å². The van der Waals surface area contributed by atoms with E-state index >= 15 is 0 Å². The zero-order valence-electron chi connectivity index (χ0n) is 12.6. The smallest absolute Gasteiger partial charge is 0.322 e. The quantitative estimate of drug-likeness (QED) is 0.890. The summed E-state index contributed by atoms with van der Waals surface area (Å²) in [6.45, 7) is 4.59. The van der Waals surface area contributed by atoms with Crippen molar-refractivity contribution in [2.24, 2.45) is 5.41 Å². The van der Waals surface area contributed by atoms with Gasteiger partial charge in [-0.15, -0.1) is 0 Å². The van der Waals surface area contributed by atoms with E-state index in [0.717, 1.165) is 17.9 Å². The van der Waals surface area contributed by atoms with Crippen LogP contribution in [0.25, 0.3) is 0 Å². The lowest BCUT2D eigenvalue weighted by atomic mass is 9.94. The lowest BCUT2D eigenvalue weighted by molar-refractivity contribution is -0.146. The molecule has 0 atom stereocenters. The van der Waals surface area contributed by atoms with Crippen LogP contribution in [0, 0.1) is 5.41 Å². The van der Waals surface area contributed by atoms with Crippen molar-refractivity contribution in [3.05, 3.63) is 24.3 Å². The number of hydrogen-bond donors (Lipinski definition) is 2. The number of carbonyl (C=O) groups excluding carboxylic acids is 1. The van der Waals surface area contributed by atoms with Crippen molar-refractivity contribution in [1.82, 2.24) is 5.32 Å². The zero-order chi connectivity index (χ0) is 15.6. The highest BCUT2D eigenvalue weighted by molar-refractivity contribution is 5.97. The van der Waals surface area contributed by atoms with E-state index in [1.54, 1.807) is 18.7 Å². The Hall–Kier alpha value is -2.24. The Morgan fingerprint density at radius 2 is 1.86 bits per heavy atom. The number of benzene rings is 1. The minimum Gasteiger partial charge on any atom is -0.481 e. The third-order valence-corrected chi connectivity index (χ3v) is 3.75. The van der Waals surface area contributed by atoms with E-state index in [2.05, 4.69) is 10.2 Å². The lowest BCUT2D eigenvalue weighted by Gasteiger charge is -2.36. The number of urea groups is 1. The van der Waals surface area contributed by atoms with Crippen LogP contribution < -0.4 is 15.1 Å². The molecule has 1 aliphatic rings. The van der Waals surface area contributed by atoms with Gasteiger partial charge in [-0.1, -0.05) is 12.1 Å². The Morgan fingerprint density at radius 3 is 2.48 bits per heavy atom. The fourth-order valence-electron chi connectivity index (χ4n) is 2.18. The number of fused-ring (bicyclic) bond motifs is 1. The number of likely N-dealkylation sites (N-methyl/N-ethyl adjacent to an activating group) is 1. The number of amides is 2. The molecule has 0 bridgehead atoms. The summed E-state index contributed by atoms with van der Waals surface area (Å²) in [6.07, 6.45) is 0. The van der Waals surface area contributed by atoms with Gasteiger partial charge in [0, 0.05) is 26.7 Å². The maximum absolute atomic E-state index is 12.3. The van der Waals surface area contributed by atoms with E-state index in [1.165, 1.54) is 0 Å². The maximum atomic E-state index is 12.3. The molecule has 2 rings (SSSR count). The predicted molar refractivity (Wildman–Crippen MR) is 81.9 cm³/mol. The second kappa shape index (κ2) is 5.63. The standard InChI is InChI=1S/C15H21N3O3/c1-15(2,13(19)20)10-16-14(21)18-9-8-17(3)11-6-4-5-7-12(11)18/h4-7H,8-10H2,1-3H3,(H,16,21)(H,19,20). The number of nitrogens with zero attached hydrogens (tertiary/aromatic N) is 2. The molecule has 114 valence electrons. The highest BCUT2D eigenvalue weighted by atomic mass is 16.4. The Labute approximate surface area is 124 Å². The van der Waals surface area contributed by atoms with Gasteiger partial charge in [0.15, 0.2) is 0 Å². The molecule has 0 fully saturated rings. The maximum Gasteiger partial charge on any atom is 0.322 e. The first kappa shape index (κ1) is 15.2. The second-order valence-electron chi connectivity index (χ2n) is 5.91. The number of hydrogen-bond acceptors (Lipinski definition) is 3. The topological polar surface area (TPSA) is 72.9 Å². The minimum atomic E-state index is -0.984. The molecule has 1 aliphatic heterocycles. The molecule has 0 aliphatic carbocycles. The Bertz CT molecular complexity index is 557. The molecule has 0 saturated carbocycles. The van der Waals surface area contributed by atoms with E-state index in [1.807, 2.05) is 31.3 Å². The molecule has 0 spiro atoms. The molecule has 6 heteroatoms. The number of para-hydroxylation sites is 2. The first-order valence-electron chi connectivity index (χ1n) is 6.92. The average Bonchev–Trinajstić information content (AvgIpc) is 2.45. The first-order valence-corrected chi connectivity index (χ1v) is 6.92. The van der Waals surface area contributed by atoms with Crippen LogP contribution in [0.5, 0.6) is 0 Å². The van der Waals surface area contributed by atoms with Gasteiger partial charge in [-0.25, -0.2) is 4.79 Å². The van der Waals surface area contributed by atoms with E-state index in [4.69, 9.17) is 5.11 Å². The Balaban J connectivity index is 2.11. The first-order chi connectivity index (χ1) is 9.83. The van der Waals surface area contributed by atoms with E-state index in [0.29, 0.717) is 6.54 Å². The van der Waals surface area contributed by atoms with Crippen molar-refractivity contribution >= 4 is 23.4 Å².